The second-order valence-electron chi connectivity index (χ2n) is 6.43. The van der Waals surface area contributed by atoms with Gasteiger partial charge in [0.25, 0.3) is 0 Å². The van der Waals surface area contributed by atoms with E-state index >= 15 is 0 Å². The molecular formula is C23H19N3O6. The highest BCUT2D eigenvalue weighted by molar-refractivity contribution is 5.99. The number of carboxylic acid groups (broad SMARTS) is 2. The molecule has 0 amide bonds. The highest BCUT2D eigenvalue weighted by Gasteiger charge is 2.18. The van der Waals surface area contributed by atoms with Crippen LogP contribution in [-0.2, 0) is 0 Å². The fourth-order valence-electron chi connectivity index (χ4n) is 3.08. The van der Waals surface area contributed by atoms with Crippen molar-refractivity contribution in [3.63, 3.8) is 0 Å². The van der Waals surface area contributed by atoms with Gasteiger partial charge in [-0.2, -0.15) is 0 Å². The van der Waals surface area contributed by atoms with E-state index in [9.17, 15) is 19.8 Å². The number of hydrogen-bond acceptors (Lipinski definition) is 5. The van der Waals surface area contributed by atoms with Gasteiger partial charge in [0.2, 0.25) is 0 Å². The molecule has 0 radical (unpaired) electrons. The fourth-order valence-corrected chi connectivity index (χ4v) is 3.08. The Balaban J connectivity index is 0.00000181. The summed E-state index contributed by atoms with van der Waals surface area (Å²) in [6.45, 7) is 0. The van der Waals surface area contributed by atoms with Crippen LogP contribution in [0.1, 0.15) is 20.7 Å². The molecule has 0 fully saturated rings. The maximum absolute atomic E-state index is 11.8. The van der Waals surface area contributed by atoms with Gasteiger partial charge in [0.15, 0.2) is 0 Å². The molecule has 4 aromatic rings. The van der Waals surface area contributed by atoms with E-state index in [0.29, 0.717) is 28.3 Å². The molecule has 0 aliphatic rings. The highest BCUT2D eigenvalue weighted by Crippen LogP contribution is 2.31. The first-order valence-corrected chi connectivity index (χ1v) is 8.99. The number of nitrogens with zero attached hydrogens (tertiary/aromatic N) is 3. The molecule has 0 spiro atoms. The lowest BCUT2D eigenvalue weighted by Crippen LogP contribution is -2.04. The molecule has 0 atom stereocenters. The van der Waals surface area contributed by atoms with Crippen molar-refractivity contribution in [2.75, 3.05) is 0 Å². The van der Waals surface area contributed by atoms with E-state index in [1.54, 1.807) is 48.8 Å². The van der Waals surface area contributed by atoms with Crippen LogP contribution in [0.2, 0.25) is 0 Å². The van der Waals surface area contributed by atoms with Crippen molar-refractivity contribution >= 4 is 11.9 Å². The molecule has 0 saturated carbocycles. The number of rotatable bonds is 5. The summed E-state index contributed by atoms with van der Waals surface area (Å²) >= 11 is 0. The largest absolute Gasteiger partial charge is 0.478 e. The summed E-state index contributed by atoms with van der Waals surface area (Å²) in [7, 11) is 0. The van der Waals surface area contributed by atoms with Crippen LogP contribution in [0.5, 0.6) is 0 Å². The van der Waals surface area contributed by atoms with E-state index in [2.05, 4.69) is 15.0 Å². The molecular weight excluding hydrogens is 414 g/mol. The topological polar surface area (TPSA) is 176 Å². The predicted molar refractivity (Wildman–Crippen MR) is 117 cm³/mol. The lowest BCUT2D eigenvalue weighted by Gasteiger charge is -2.12. The van der Waals surface area contributed by atoms with E-state index < -0.39 is 11.9 Å². The van der Waals surface area contributed by atoms with Crippen molar-refractivity contribution in [1.82, 2.24) is 15.0 Å². The molecule has 0 bridgehead atoms. The summed E-state index contributed by atoms with van der Waals surface area (Å²) in [5.74, 6) is -2.30. The number of carboxylic acids is 2. The maximum atomic E-state index is 11.8. The van der Waals surface area contributed by atoms with Gasteiger partial charge in [-0.05, 0) is 65.7 Å². The smallest absolute Gasteiger partial charge is 0.336 e. The van der Waals surface area contributed by atoms with Gasteiger partial charge in [-0.15, -0.1) is 0 Å². The van der Waals surface area contributed by atoms with E-state index in [1.807, 2.05) is 12.1 Å². The highest BCUT2D eigenvalue weighted by atomic mass is 16.4. The molecule has 6 N–H and O–H groups in total. The molecule has 32 heavy (non-hydrogen) atoms. The molecule has 0 unspecified atom stereocenters. The summed E-state index contributed by atoms with van der Waals surface area (Å²) in [6, 6.07) is 18.1. The first kappa shape index (κ1) is 23.8. The molecule has 0 aliphatic carbocycles. The zero-order chi connectivity index (χ0) is 21.1. The summed E-state index contributed by atoms with van der Waals surface area (Å²) in [5.41, 5.74) is 3.00. The van der Waals surface area contributed by atoms with Crippen LogP contribution in [-0.4, -0.2) is 48.1 Å². The Morgan fingerprint density at radius 3 is 1.66 bits per heavy atom. The Kier molecular flexibility index (Phi) is 7.46. The third kappa shape index (κ3) is 4.81. The van der Waals surface area contributed by atoms with Crippen LogP contribution in [0.15, 0.2) is 79.1 Å². The second-order valence-corrected chi connectivity index (χ2v) is 6.43. The van der Waals surface area contributed by atoms with Gasteiger partial charge >= 0.3 is 11.9 Å². The molecule has 0 aliphatic heterocycles. The quantitative estimate of drug-likeness (QED) is 0.486. The lowest BCUT2D eigenvalue weighted by atomic mass is 9.95. The zero-order valence-electron chi connectivity index (χ0n) is 16.6. The maximum Gasteiger partial charge on any atom is 0.336 e. The molecule has 1 aromatic carbocycles. The van der Waals surface area contributed by atoms with E-state index in [0.717, 1.165) is 0 Å². The minimum absolute atomic E-state index is 0. The van der Waals surface area contributed by atoms with Crippen LogP contribution in [0.4, 0.5) is 0 Å². The average Bonchev–Trinajstić information content (AvgIpc) is 2.79. The standard InChI is InChI=1S/C23H15N3O4.2H2O/c27-22(28)14-7-8-16(23(29)30)17(11-14)15-12-20(18-5-1-3-9-24-18)26-21(13-15)19-6-2-4-10-25-19;;/h1-13H,(H,27,28)(H,29,30);2*1H2. The number of hydrogen-bond donors (Lipinski definition) is 2. The minimum atomic E-state index is -1.16. The number of aromatic nitrogens is 3. The van der Waals surface area contributed by atoms with E-state index in [-0.39, 0.29) is 27.6 Å². The number of pyridine rings is 3. The number of aromatic carboxylic acids is 2. The van der Waals surface area contributed by atoms with Gasteiger partial charge in [0.05, 0.1) is 33.9 Å². The Labute approximate surface area is 182 Å². The lowest BCUT2D eigenvalue weighted by molar-refractivity contribution is 0.0682. The second kappa shape index (κ2) is 10.0. The first-order valence-electron chi connectivity index (χ1n) is 8.99. The van der Waals surface area contributed by atoms with Crippen LogP contribution >= 0.6 is 0 Å². The molecule has 3 heterocycles. The predicted octanol–water partition coefficient (Wildman–Crippen LogP) is 2.62. The Hall–Kier alpha value is -4.47. The van der Waals surface area contributed by atoms with Crippen LogP contribution in [0.3, 0.4) is 0 Å². The van der Waals surface area contributed by atoms with Crippen molar-refractivity contribution < 1.29 is 30.8 Å². The minimum Gasteiger partial charge on any atom is -0.478 e. The van der Waals surface area contributed by atoms with Gasteiger partial charge in [-0.1, -0.05) is 12.1 Å². The summed E-state index contributed by atoms with van der Waals surface area (Å²) in [4.78, 5) is 36.6. The summed E-state index contributed by atoms with van der Waals surface area (Å²) < 4.78 is 0. The third-order valence-corrected chi connectivity index (χ3v) is 4.49. The van der Waals surface area contributed by atoms with Crippen molar-refractivity contribution in [1.29, 1.82) is 0 Å². The normalized spacial score (nSPS) is 9.88. The summed E-state index contributed by atoms with van der Waals surface area (Å²) in [6.07, 6.45) is 3.27. The van der Waals surface area contributed by atoms with Crippen LogP contribution in [0.25, 0.3) is 33.9 Å². The SMILES string of the molecule is O.O.O=C(O)c1ccc(C(=O)O)c(-c2cc(-c3ccccn3)nc(-c3ccccn3)c2)c1. The van der Waals surface area contributed by atoms with Gasteiger partial charge in [-0.3, -0.25) is 9.97 Å². The molecule has 3 aromatic heterocycles. The molecule has 9 nitrogen and oxygen atoms in total. The zero-order valence-corrected chi connectivity index (χ0v) is 16.6. The van der Waals surface area contributed by atoms with E-state index in [1.165, 1.54) is 18.2 Å². The molecule has 4 rings (SSSR count). The van der Waals surface area contributed by atoms with Crippen molar-refractivity contribution in [3.8, 4) is 33.9 Å². The van der Waals surface area contributed by atoms with Crippen LogP contribution in [0, 0.1) is 0 Å². The van der Waals surface area contributed by atoms with E-state index in [4.69, 9.17) is 0 Å². The van der Waals surface area contributed by atoms with Crippen molar-refractivity contribution in [3.05, 3.63) is 90.3 Å². The van der Waals surface area contributed by atoms with Crippen molar-refractivity contribution in [2.24, 2.45) is 0 Å². The van der Waals surface area contributed by atoms with Gasteiger partial charge in [-0.25, -0.2) is 14.6 Å². The first-order chi connectivity index (χ1) is 14.5. The fraction of sp³-hybridized carbons (Fsp3) is 0. The van der Waals surface area contributed by atoms with Gasteiger partial charge in [0, 0.05) is 12.4 Å². The molecule has 162 valence electrons. The number of benzene rings is 1. The third-order valence-electron chi connectivity index (χ3n) is 4.49. The number of carbonyl (C=O) groups is 2. The van der Waals surface area contributed by atoms with Gasteiger partial charge in [0.1, 0.15) is 0 Å². The Morgan fingerprint density at radius 2 is 1.22 bits per heavy atom. The monoisotopic (exact) mass is 433 g/mol. The van der Waals surface area contributed by atoms with Crippen LogP contribution < -0.4 is 0 Å². The van der Waals surface area contributed by atoms with Crippen molar-refractivity contribution in [2.45, 2.75) is 0 Å². The Bertz CT molecular complexity index is 1190. The molecule has 9 heteroatoms. The van der Waals surface area contributed by atoms with Gasteiger partial charge < -0.3 is 21.2 Å². The molecule has 0 saturated heterocycles. The average molecular weight is 433 g/mol. The summed E-state index contributed by atoms with van der Waals surface area (Å²) in [5, 5.41) is 19.0. The Morgan fingerprint density at radius 1 is 0.656 bits per heavy atom.